The molecule has 0 aliphatic carbocycles. The van der Waals surface area contributed by atoms with Gasteiger partial charge in [-0.25, -0.2) is 0 Å². The molecule has 1 heterocycles. The van der Waals surface area contributed by atoms with Crippen molar-refractivity contribution in [3.05, 3.63) is 53.6 Å². The van der Waals surface area contributed by atoms with Gasteiger partial charge in [-0.3, -0.25) is 9.50 Å². The van der Waals surface area contributed by atoms with Gasteiger partial charge in [0, 0.05) is 12.1 Å². The summed E-state index contributed by atoms with van der Waals surface area (Å²) in [6, 6.07) is 13.4. The van der Waals surface area contributed by atoms with Crippen LogP contribution >= 0.6 is 0 Å². The summed E-state index contributed by atoms with van der Waals surface area (Å²) in [7, 11) is -3.95. The first-order chi connectivity index (χ1) is 12.7. The van der Waals surface area contributed by atoms with E-state index < -0.39 is 16.3 Å². The summed E-state index contributed by atoms with van der Waals surface area (Å²) in [5.74, 6) is 0. The summed E-state index contributed by atoms with van der Waals surface area (Å²) < 4.78 is 37.0. The molecule has 0 spiro atoms. The minimum atomic E-state index is -3.95. The minimum absolute atomic E-state index is 0.0463. The summed E-state index contributed by atoms with van der Waals surface area (Å²) in [6.07, 6.45) is -0.396. The first-order valence-electron chi connectivity index (χ1n) is 9.13. The van der Waals surface area contributed by atoms with Crippen LogP contribution in [0.3, 0.4) is 0 Å². The zero-order valence-corrected chi connectivity index (χ0v) is 17.1. The fraction of sp³-hybridized carbons (Fsp3) is 0.429. The summed E-state index contributed by atoms with van der Waals surface area (Å²) in [5, 5.41) is 3.06. The fourth-order valence-electron chi connectivity index (χ4n) is 3.25. The normalized spacial score (nSPS) is 18.0. The van der Waals surface area contributed by atoms with Gasteiger partial charge < -0.3 is 4.74 Å². The lowest BCUT2D eigenvalue weighted by atomic mass is 9.81. The topological polar surface area (TPSA) is 64.6 Å². The lowest BCUT2D eigenvalue weighted by Crippen LogP contribution is -2.29. The molecule has 0 bridgehead atoms. The first kappa shape index (κ1) is 20.0. The Hall–Kier alpha value is -1.73. The Morgan fingerprint density at radius 2 is 1.89 bits per heavy atom. The molecule has 0 aromatic heterocycles. The molecule has 5 nitrogen and oxygen atoms in total. The molecule has 0 amide bonds. The van der Waals surface area contributed by atoms with Crippen LogP contribution in [0.4, 0.5) is 0 Å². The van der Waals surface area contributed by atoms with Gasteiger partial charge in [-0.2, -0.15) is 8.42 Å². The molecule has 6 heteroatoms. The maximum absolute atomic E-state index is 13.1. The number of hydrogen-bond donors (Lipinski definition) is 1. The Bertz CT molecular complexity index is 896. The standard InChI is InChI=1S/C21H27NO4S/c1-15-12-17(21(2,3)4)20(16-8-6-5-7-9-16)18(13-15)27(23,24)26-14-19-22-10-11-25-19/h5-9,12-13,19,22H,10-11,14H2,1-4H3. The third-order valence-electron chi connectivity index (χ3n) is 4.55. The second kappa shape index (κ2) is 7.72. The largest absolute Gasteiger partial charge is 0.360 e. The van der Waals surface area contributed by atoms with E-state index in [1.807, 2.05) is 37.3 Å². The number of nitrogens with one attached hydrogen (secondary N) is 1. The quantitative estimate of drug-likeness (QED) is 0.792. The van der Waals surface area contributed by atoms with Crippen LogP contribution in [-0.4, -0.2) is 34.4 Å². The van der Waals surface area contributed by atoms with Crippen molar-refractivity contribution in [3.63, 3.8) is 0 Å². The number of aryl methyl sites for hydroxylation is 1. The van der Waals surface area contributed by atoms with E-state index in [4.69, 9.17) is 8.92 Å². The van der Waals surface area contributed by atoms with Crippen LogP contribution in [0.15, 0.2) is 47.4 Å². The fourth-order valence-corrected chi connectivity index (χ4v) is 4.48. The smallest absolute Gasteiger partial charge is 0.297 e. The van der Waals surface area contributed by atoms with E-state index >= 15 is 0 Å². The molecule has 1 N–H and O–H groups in total. The van der Waals surface area contributed by atoms with Gasteiger partial charge in [0.05, 0.1) is 6.61 Å². The Kier molecular flexibility index (Phi) is 5.72. The monoisotopic (exact) mass is 389 g/mol. The molecule has 3 rings (SSSR count). The molecule has 1 unspecified atom stereocenters. The molecule has 1 fully saturated rings. The molecular formula is C21H27NO4S. The van der Waals surface area contributed by atoms with Gasteiger partial charge in [-0.15, -0.1) is 0 Å². The Morgan fingerprint density at radius 1 is 1.19 bits per heavy atom. The van der Waals surface area contributed by atoms with Crippen LogP contribution < -0.4 is 5.32 Å². The van der Waals surface area contributed by atoms with Crippen molar-refractivity contribution in [1.82, 2.24) is 5.32 Å². The number of ether oxygens (including phenoxy) is 1. The molecule has 1 atom stereocenters. The third kappa shape index (κ3) is 4.58. The van der Waals surface area contributed by atoms with Crippen LogP contribution in [0.1, 0.15) is 31.9 Å². The van der Waals surface area contributed by atoms with E-state index in [0.717, 1.165) is 16.7 Å². The van der Waals surface area contributed by atoms with Crippen LogP contribution in [0, 0.1) is 6.92 Å². The van der Waals surface area contributed by atoms with Crippen LogP contribution in [0.5, 0.6) is 0 Å². The lowest BCUT2D eigenvalue weighted by Gasteiger charge is -2.26. The van der Waals surface area contributed by atoms with Gasteiger partial charge in [-0.05, 0) is 35.1 Å². The summed E-state index contributed by atoms with van der Waals surface area (Å²) in [5.41, 5.74) is 3.20. The Morgan fingerprint density at radius 3 is 2.48 bits per heavy atom. The van der Waals surface area contributed by atoms with E-state index in [1.165, 1.54) is 0 Å². The maximum Gasteiger partial charge on any atom is 0.297 e. The molecule has 1 saturated heterocycles. The second-order valence-electron chi connectivity index (χ2n) is 7.85. The Balaban J connectivity index is 2.12. The molecule has 2 aromatic carbocycles. The van der Waals surface area contributed by atoms with Crippen molar-refractivity contribution >= 4 is 10.1 Å². The highest BCUT2D eigenvalue weighted by molar-refractivity contribution is 7.87. The van der Waals surface area contributed by atoms with Gasteiger partial charge >= 0.3 is 0 Å². The third-order valence-corrected chi connectivity index (χ3v) is 5.86. The second-order valence-corrected chi connectivity index (χ2v) is 9.44. The molecule has 27 heavy (non-hydrogen) atoms. The number of hydrogen-bond acceptors (Lipinski definition) is 5. The van der Waals surface area contributed by atoms with Gasteiger partial charge in [0.1, 0.15) is 17.7 Å². The molecule has 1 aliphatic heterocycles. The highest BCUT2D eigenvalue weighted by Gasteiger charge is 2.29. The summed E-state index contributed by atoms with van der Waals surface area (Å²) in [4.78, 5) is 0.205. The zero-order valence-electron chi connectivity index (χ0n) is 16.3. The van der Waals surface area contributed by atoms with Gasteiger partial charge in [0.15, 0.2) is 0 Å². The van der Waals surface area contributed by atoms with Gasteiger partial charge in [0.2, 0.25) is 0 Å². The van der Waals surface area contributed by atoms with Gasteiger partial charge in [-0.1, -0.05) is 57.2 Å². The maximum atomic E-state index is 13.1. The van der Waals surface area contributed by atoms with Crippen molar-refractivity contribution in [1.29, 1.82) is 0 Å². The molecular weight excluding hydrogens is 362 g/mol. The van der Waals surface area contributed by atoms with Gasteiger partial charge in [0.25, 0.3) is 10.1 Å². The number of rotatable bonds is 5. The predicted octanol–water partition coefficient (Wildman–Crippen LogP) is 3.61. The number of benzene rings is 2. The average Bonchev–Trinajstić information content (AvgIpc) is 3.13. The predicted molar refractivity (Wildman–Crippen MR) is 106 cm³/mol. The van der Waals surface area contributed by atoms with Crippen molar-refractivity contribution in [2.24, 2.45) is 0 Å². The summed E-state index contributed by atoms with van der Waals surface area (Å²) >= 11 is 0. The molecule has 0 radical (unpaired) electrons. The summed E-state index contributed by atoms with van der Waals surface area (Å²) in [6.45, 7) is 9.37. The first-order valence-corrected chi connectivity index (χ1v) is 10.5. The van der Waals surface area contributed by atoms with Crippen molar-refractivity contribution in [2.45, 2.75) is 44.2 Å². The molecule has 1 aliphatic rings. The molecule has 0 saturated carbocycles. The average molecular weight is 390 g/mol. The SMILES string of the molecule is Cc1cc(C(C)(C)C)c(-c2ccccc2)c(S(=O)(=O)OCC2NCCO2)c1. The molecule has 146 valence electrons. The minimum Gasteiger partial charge on any atom is -0.360 e. The van der Waals surface area contributed by atoms with E-state index in [-0.39, 0.29) is 16.9 Å². The van der Waals surface area contributed by atoms with E-state index in [2.05, 4.69) is 32.2 Å². The van der Waals surface area contributed by atoms with Crippen molar-refractivity contribution in [3.8, 4) is 11.1 Å². The molecule has 2 aromatic rings. The highest BCUT2D eigenvalue weighted by atomic mass is 32.2. The van der Waals surface area contributed by atoms with E-state index in [0.29, 0.717) is 18.7 Å². The lowest BCUT2D eigenvalue weighted by molar-refractivity contribution is 0.0603. The van der Waals surface area contributed by atoms with Crippen molar-refractivity contribution in [2.75, 3.05) is 19.8 Å². The van der Waals surface area contributed by atoms with Crippen LogP contribution in [-0.2, 0) is 24.5 Å². The van der Waals surface area contributed by atoms with E-state index in [9.17, 15) is 8.42 Å². The van der Waals surface area contributed by atoms with Crippen LogP contribution in [0.2, 0.25) is 0 Å². The van der Waals surface area contributed by atoms with Crippen molar-refractivity contribution < 1.29 is 17.3 Å². The van der Waals surface area contributed by atoms with E-state index in [1.54, 1.807) is 6.07 Å². The van der Waals surface area contributed by atoms with Crippen LogP contribution in [0.25, 0.3) is 11.1 Å². The zero-order chi connectivity index (χ0) is 19.7. The Labute approximate surface area is 161 Å². The highest BCUT2D eigenvalue weighted by Crippen LogP contribution is 2.39.